The number of nitrogens with one attached hydrogen (secondary N) is 1. The SMILES string of the molecule is Cc1ccc(C)c(S(=O)(=O)NCCc2sc(-c3ccccn3)nc2C)c1. The summed E-state index contributed by atoms with van der Waals surface area (Å²) in [5.74, 6) is 0. The van der Waals surface area contributed by atoms with E-state index in [4.69, 9.17) is 0 Å². The number of hydrogen-bond donors (Lipinski definition) is 1. The standard InChI is InChI=1S/C19H21N3O2S2/c1-13-7-8-14(2)18(12-13)26(23,24)21-11-9-17-15(3)22-19(25-17)16-6-4-5-10-20-16/h4-8,10,12,21H,9,11H2,1-3H3. The number of aryl methyl sites for hydroxylation is 3. The largest absolute Gasteiger partial charge is 0.254 e. The molecular weight excluding hydrogens is 366 g/mol. The van der Waals surface area contributed by atoms with Crippen LogP contribution in [0.2, 0.25) is 0 Å². The lowest BCUT2D eigenvalue weighted by atomic mass is 10.2. The molecule has 0 spiro atoms. The second-order valence-corrected chi connectivity index (χ2v) is 8.98. The highest BCUT2D eigenvalue weighted by Gasteiger charge is 2.17. The van der Waals surface area contributed by atoms with Crippen molar-refractivity contribution in [2.75, 3.05) is 6.54 Å². The predicted molar refractivity (Wildman–Crippen MR) is 105 cm³/mol. The van der Waals surface area contributed by atoms with Crippen LogP contribution in [0.15, 0.2) is 47.5 Å². The molecule has 0 aliphatic rings. The molecule has 1 aromatic carbocycles. The van der Waals surface area contributed by atoms with Gasteiger partial charge in [-0.2, -0.15) is 0 Å². The van der Waals surface area contributed by atoms with Gasteiger partial charge in [-0.25, -0.2) is 18.1 Å². The summed E-state index contributed by atoms with van der Waals surface area (Å²) in [6.45, 7) is 5.97. The van der Waals surface area contributed by atoms with E-state index in [0.717, 1.165) is 32.4 Å². The van der Waals surface area contributed by atoms with Crippen LogP contribution in [-0.4, -0.2) is 24.9 Å². The zero-order valence-corrected chi connectivity index (χ0v) is 16.6. The van der Waals surface area contributed by atoms with Crippen LogP contribution in [0, 0.1) is 20.8 Å². The minimum Gasteiger partial charge on any atom is -0.254 e. The number of aromatic nitrogens is 2. The first-order valence-corrected chi connectivity index (χ1v) is 10.6. The molecule has 0 bridgehead atoms. The number of benzene rings is 1. The number of sulfonamides is 1. The highest BCUT2D eigenvalue weighted by atomic mass is 32.2. The molecule has 3 rings (SSSR count). The van der Waals surface area contributed by atoms with E-state index in [1.165, 1.54) is 0 Å². The summed E-state index contributed by atoms with van der Waals surface area (Å²) in [7, 11) is -3.52. The Bertz CT molecular complexity index is 1010. The van der Waals surface area contributed by atoms with E-state index in [1.807, 2.05) is 44.2 Å². The van der Waals surface area contributed by atoms with Crippen LogP contribution < -0.4 is 4.72 Å². The lowest BCUT2D eigenvalue weighted by molar-refractivity contribution is 0.581. The van der Waals surface area contributed by atoms with Gasteiger partial charge < -0.3 is 0 Å². The Labute approximate surface area is 158 Å². The van der Waals surface area contributed by atoms with Gasteiger partial charge in [0, 0.05) is 17.6 Å². The second kappa shape index (κ2) is 7.65. The van der Waals surface area contributed by atoms with Gasteiger partial charge in [0.25, 0.3) is 0 Å². The highest BCUT2D eigenvalue weighted by molar-refractivity contribution is 7.89. The van der Waals surface area contributed by atoms with Crippen molar-refractivity contribution < 1.29 is 8.42 Å². The summed E-state index contributed by atoms with van der Waals surface area (Å²) in [5.41, 5.74) is 3.42. The normalized spacial score (nSPS) is 11.7. The van der Waals surface area contributed by atoms with Gasteiger partial charge in [-0.1, -0.05) is 18.2 Å². The minimum absolute atomic E-state index is 0.334. The zero-order chi connectivity index (χ0) is 18.7. The zero-order valence-electron chi connectivity index (χ0n) is 15.0. The van der Waals surface area contributed by atoms with Crippen molar-refractivity contribution >= 4 is 21.4 Å². The number of nitrogens with zero attached hydrogens (tertiary/aromatic N) is 2. The maximum absolute atomic E-state index is 12.6. The Hall–Kier alpha value is -2.09. The van der Waals surface area contributed by atoms with Gasteiger partial charge in [0.2, 0.25) is 10.0 Å². The van der Waals surface area contributed by atoms with Gasteiger partial charge in [-0.3, -0.25) is 4.98 Å². The Morgan fingerprint density at radius 1 is 1.12 bits per heavy atom. The van der Waals surface area contributed by atoms with Gasteiger partial charge in [0.1, 0.15) is 5.01 Å². The maximum atomic E-state index is 12.6. The summed E-state index contributed by atoms with van der Waals surface area (Å²) in [6.07, 6.45) is 2.34. The second-order valence-electron chi connectivity index (χ2n) is 6.16. The lowest BCUT2D eigenvalue weighted by Crippen LogP contribution is -2.26. The van der Waals surface area contributed by atoms with Crippen LogP contribution in [0.1, 0.15) is 21.7 Å². The van der Waals surface area contributed by atoms with Crippen molar-refractivity contribution in [3.63, 3.8) is 0 Å². The molecule has 0 aliphatic heterocycles. The summed E-state index contributed by atoms with van der Waals surface area (Å²) in [4.78, 5) is 10.3. The fourth-order valence-electron chi connectivity index (χ4n) is 2.63. The summed E-state index contributed by atoms with van der Waals surface area (Å²) in [6, 6.07) is 11.2. The van der Waals surface area contributed by atoms with Crippen LogP contribution in [-0.2, 0) is 16.4 Å². The van der Waals surface area contributed by atoms with Gasteiger partial charge in [0.15, 0.2) is 0 Å². The number of hydrogen-bond acceptors (Lipinski definition) is 5. The van der Waals surface area contributed by atoms with E-state index in [2.05, 4.69) is 14.7 Å². The fraction of sp³-hybridized carbons (Fsp3) is 0.263. The maximum Gasteiger partial charge on any atom is 0.240 e. The van der Waals surface area contributed by atoms with E-state index in [1.54, 1.807) is 30.5 Å². The minimum atomic E-state index is -3.52. The number of thiazole rings is 1. The van der Waals surface area contributed by atoms with Crippen LogP contribution >= 0.6 is 11.3 Å². The molecule has 0 saturated carbocycles. The summed E-state index contributed by atoms with van der Waals surface area (Å²) in [5, 5.41) is 0.857. The first kappa shape index (κ1) is 18.7. The molecule has 26 heavy (non-hydrogen) atoms. The molecule has 0 saturated heterocycles. The predicted octanol–water partition coefficient (Wildman–Crippen LogP) is 3.65. The molecule has 1 N–H and O–H groups in total. The molecule has 3 aromatic rings. The van der Waals surface area contributed by atoms with Gasteiger partial charge >= 0.3 is 0 Å². The molecule has 0 amide bonds. The monoisotopic (exact) mass is 387 g/mol. The first-order chi connectivity index (χ1) is 12.4. The van der Waals surface area contributed by atoms with Crippen molar-refractivity contribution in [3.05, 3.63) is 64.3 Å². The average Bonchev–Trinajstić information content (AvgIpc) is 2.98. The molecule has 136 valence electrons. The first-order valence-electron chi connectivity index (χ1n) is 8.31. The molecular formula is C19H21N3O2S2. The Kier molecular flexibility index (Phi) is 5.50. The van der Waals surface area contributed by atoms with Gasteiger partial charge in [-0.15, -0.1) is 11.3 Å². The van der Waals surface area contributed by atoms with E-state index < -0.39 is 10.0 Å². The third kappa shape index (κ3) is 4.17. The molecule has 2 heterocycles. The topological polar surface area (TPSA) is 72.0 Å². The van der Waals surface area contributed by atoms with Crippen LogP contribution in [0.4, 0.5) is 0 Å². The molecule has 0 atom stereocenters. The summed E-state index contributed by atoms with van der Waals surface area (Å²) >= 11 is 1.56. The Morgan fingerprint density at radius 2 is 1.92 bits per heavy atom. The molecule has 0 aliphatic carbocycles. The molecule has 7 heteroatoms. The van der Waals surface area contributed by atoms with Gasteiger partial charge in [0.05, 0.1) is 16.3 Å². The van der Waals surface area contributed by atoms with E-state index >= 15 is 0 Å². The van der Waals surface area contributed by atoms with Crippen LogP contribution in [0.3, 0.4) is 0 Å². The summed E-state index contributed by atoms with van der Waals surface area (Å²) < 4.78 is 27.9. The molecule has 5 nitrogen and oxygen atoms in total. The fourth-order valence-corrected chi connectivity index (χ4v) is 5.03. The van der Waals surface area contributed by atoms with E-state index in [0.29, 0.717) is 17.9 Å². The van der Waals surface area contributed by atoms with Crippen LogP contribution in [0.25, 0.3) is 10.7 Å². The lowest BCUT2D eigenvalue weighted by Gasteiger charge is -2.10. The van der Waals surface area contributed by atoms with E-state index in [9.17, 15) is 8.42 Å². The third-order valence-electron chi connectivity index (χ3n) is 4.05. The van der Waals surface area contributed by atoms with E-state index in [-0.39, 0.29) is 0 Å². The van der Waals surface area contributed by atoms with Crippen molar-refractivity contribution in [2.45, 2.75) is 32.1 Å². The quantitative estimate of drug-likeness (QED) is 0.701. The number of pyridine rings is 1. The van der Waals surface area contributed by atoms with Crippen LogP contribution in [0.5, 0.6) is 0 Å². The third-order valence-corrected chi connectivity index (χ3v) is 6.90. The van der Waals surface area contributed by atoms with Gasteiger partial charge in [-0.05, 0) is 56.5 Å². The molecule has 0 fully saturated rings. The molecule has 2 aromatic heterocycles. The van der Waals surface area contributed by atoms with Crippen molar-refractivity contribution in [1.82, 2.24) is 14.7 Å². The molecule has 0 radical (unpaired) electrons. The van der Waals surface area contributed by atoms with Crippen molar-refractivity contribution in [1.29, 1.82) is 0 Å². The van der Waals surface area contributed by atoms with Crippen molar-refractivity contribution in [3.8, 4) is 10.7 Å². The average molecular weight is 388 g/mol. The Balaban J connectivity index is 1.70. The molecule has 0 unspecified atom stereocenters. The smallest absolute Gasteiger partial charge is 0.240 e. The highest BCUT2D eigenvalue weighted by Crippen LogP contribution is 2.26. The Morgan fingerprint density at radius 3 is 2.65 bits per heavy atom. The van der Waals surface area contributed by atoms with Crippen molar-refractivity contribution in [2.24, 2.45) is 0 Å². The number of rotatable bonds is 6.